The van der Waals surface area contributed by atoms with Crippen molar-refractivity contribution >= 4 is 47.4 Å². The molecule has 3 N–H and O–H groups in total. The molecular formula is C43H49N3O11. The standard InChI is InChI=1S/C43H49N3O11/c1-7-24(3)25(4)42(52)54-23-55-43(53)40-33(15-16-37(46-40)41(51)45-21-29-9-10-29)34-19-32(22-47)30(8-2)18-35(34)38(49)17-28-11-13-31(14-12-28)36(44)20-39(50)57-27(6)56-26(5)48/h8,11-16,18-19,24-25,27,29,44,47H,2,7,9-10,17,20-23H2,1,3-6H3,(H,45,51)/t24-,25-,27?/m0/s1. The van der Waals surface area contributed by atoms with Gasteiger partial charge >= 0.3 is 23.9 Å². The lowest BCUT2D eigenvalue weighted by Crippen LogP contribution is -2.27. The van der Waals surface area contributed by atoms with Crippen LogP contribution >= 0.6 is 0 Å². The van der Waals surface area contributed by atoms with Crippen LogP contribution in [-0.2, 0) is 46.4 Å². The Bertz CT molecular complexity index is 2020. The number of pyridine rings is 1. The number of carbonyl (C=O) groups is 6. The third-order valence-electron chi connectivity index (χ3n) is 9.71. The number of ketones is 1. The van der Waals surface area contributed by atoms with Gasteiger partial charge in [-0.15, -0.1) is 0 Å². The van der Waals surface area contributed by atoms with Gasteiger partial charge < -0.3 is 34.8 Å². The first-order chi connectivity index (χ1) is 27.1. The number of benzene rings is 2. The molecule has 1 amide bonds. The molecule has 4 rings (SSSR count). The summed E-state index contributed by atoms with van der Waals surface area (Å²) in [6.45, 7) is 11.3. The predicted octanol–water partition coefficient (Wildman–Crippen LogP) is 6.00. The minimum absolute atomic E-state index is 0.0367. The van der Waals surface area contributed by atoms with Gasteiger partial charge in [0.2, 0.25) is 13.1 Å². The molecule has 2 aromatic carbocycles. The highest BCUT2D eigenvalue weighted by molar-refractivity contribution is 6.09. The third kappa shape index (κ3) is 12.2. The number of ether oxygens (including phenoxy) is 4. The summed E-state index contributed by atoms with van der Waals surface area (Å²) in [5, 5.41) is 21.4. The molecule has 1 aliphatic carbocycles. The van der Waals surface area contributed by atoms with Crippen molar-refractivity contribution in [1.29, 1.82) is 5.41 Å². The van der Waals surface area contributed by atoms with Gasteiger partial charge in [-0.1, -0.05) is 64.1 Å². The summed E-state index contributed by atoms with van der Waals surface area (Å²) >= 11 is 0. The summed E-state index contributed by atoms with van der Waals surface area (Å²) in [7, 11) is 0. The SMILES string of the molecule is C=Cc1cc(C(=O)Cc2ccc(C(=N)CC(=O)OC(C)OC(C)=O)cc2)c(-c2ccc(C(=O)NCC3CC3)nc2C(=O)OCOC(=O)[C@@H](C)[C@@H](C)CC)cc1CO. The Morgan fingerprint density at radius 3 is 2.30 bits per heavy atom. The average Bonchev–Trinajstić information content (AvgIpc) is 4.03. The maximum absolute atomic E-state index is 14.1. The van der Waals surface area contributed by atoms with E-state index in [2.05, 4.69) is 16.9 Å². The van der Waals surface area contributed by atoms with Crippen LogP contribution in [0.5, 0.6) is 0 Å². The number of Topliss-reactive ketones (excluding diaryl/α,β-unsaturated/α-hetero) is 1. The van der Waals surface area contributed by atoms with E-state index < -0.39 is 55.4 Å². The number of rotatable bonds is 20. The fourth-order valence-corrected chi connectivity index (χ4v) is 5.81. The van der Waals surface area contributed by atoms with E-state index in [9.17, 15) is 33.9 Å². The van der Waals surface area contributed by atoms with Crippen LogP contribution in [0.2, 0.25) is 0 Å². The summed E-state index contributed by atoms with van der Waals surface area (Å²) in [5.74, 6) is -3.84. The molecule has 0 saturated heterocycles. The van der Waals surface area contributed by atoms with Crippen molar-refractivity contribution in [3.63, 3.8) is 0 Å². The fourth-order valence-electron chi connectivity index (χ4n) is 5.81. The highest BCUT2D eigenvalue weighted by Crippen LogP contribution is 2.33. The second-order valence-electron chi connectivity index (χ2n) is 14.0. The monoisotopic (exact) mass is 783 g/mol. The van der Waals surface area contributed by atoms with Gasteiger partial charge in [0.05, 0.1) is 18.9 Å². The number of amides is 1. The molecule has 0 spiro atoms. The van der Waals surface area contributed by atoms with Gasteiger partial charge in [-0.05, 0) is 76.8 Å². The predicted molar refractivity (Wildman–Crippen MR) is 209 cm³/mol. The molecule has 1 fully saturated rings. The van der Waals surface area contributed by atoms with E-state index in [-0.39, 0.29) is 58.3 Å². The first-order valence-electron chi connectivity index (χ1n) is 18.8. The molecule has 3 atom stereocenters. The maximum atomic E-state index is 14.1. The molecule has 14 nitrogen and oxygen atoms in total. The third-order valence-corrected chi connectivity index (χ3v) is 9.71. The molecule has 0 bridgehead atoms. The van der Waals surface area contributed by atoms with Crippen LogP contribution in [0.4, 0.5) is 0 Å². The Morgan fingerprint density at radius 2 is 1.68 bits per heavy atom. The molecule has 57 heavy (non-hydrogen) atoms. The number of hydrogen-bond acceptors (Lipinski definition) is 13. The Morgan fingerprint density at radius 1 is 0.982 bits per heavy atom. The molecule has 14 heteroatoms. The van der Waals surface area contributed by atoms with Gasteiger partial charge in [0, 0.05) is 43.7 Å². The largest absolute Gasteiger partial charge is 0.428 e. The summed E-state index contributed by atoms with van der Waals surface area (Å²) in [4.78, 5) is 81.2. The van der Waals surface area contributed by atoms with Crippen LogP contribution in [0.25, 0.3) is 17.2 Å². The van der Waals surface area contributed by atoms with Crippen LogP contribution < -0.4 is 5.32 Å². The van der Waals surface area contributed by atoms with Crippen LogP contribution in [0.1, 0.15) is 114 Å². The summed E-state index contributed by atoms with van der Waals surface area (Å²) in [6, 6.07) is 12.4. The molecule has 3 aromatic rings. The molecule has 0 radical (unpaired) electrons. The van der Waals surface area contributed by atoms with Crippen LogP contribution in [0.15, 0.2) is 55.1 Å². The minimum Gasteiger partial charge on any atom is -0.428 e. The van der Waals surface area contributed by atoms with Gasteiger partial charge in [-0.3, -0.25) is 24.0 Å². The Balaban J connectivity index is 1.64. The lowest BCUT2D eigenvalue weighted by molar-refractivity contribution is -0.182. The number of nitrogens with zero attached hydrogens (tertiary/aromatic N) is 1. The zero-order valence-corrected chi connectivity index (χ0v) is 32.8. The number of hydrogen-bond donors (Lipinski definition) is 3. The summed E-state index contributed by atoms with van der Waals surface area (Å²) in [6.07, 6.45) is 2.63. The van der Waals surface area contributed by atoms with E-state index in [1.807, 2.05) is 13.8 Å². The van der Waals surface area contributed by atoms with E-state index in [1.54, 1.807) is 43.3 Å². The van der Waals surface area contributed by atoms with Gasteiger partial charge in [0.15, 0.2) is 11.5 Å². The quantitative estimate of drug-likeness (QED) is 0.0522. The van der Waals surface area contributed by atoms with E-state index in [0.29, 0.717) is 34.7 Å². The summed E-state index contributed by atoms with van der Waals surface area (Å²) < 4.78 is 20.4. The topological polar surface area (TPSA) is 208 Å². The fraction of sp³-hybridized carbons (Fsp3) is 0.395. The number of aliphatic hydroxyl groups is 1. The molecule has 1 unspecified atom stereocenters. The molecule has 1 aliphatic rings. The maximum Gasteiger partial charge on any atom is 0.360 e. The number of esters is 4. The van der Waals surface area contributed by atoms with E-state index in [1.165, 1.54) is 32.1 Å². The van der Waals surface area contributed by atoms with Gasteiger partial charge in [0.1, 0.15) is 5.69 Å². The Hall–Kier alpha value is -6.02. The molecule has 1 heterocycles. The van der Waals surface area contributed by atoms with Crippen molar-refractivity contribution in [2.45, 2.75) is 79.6 Å². The number of carbonyl (C=O) groups excluding carboxylic acids is 6. The normalized spacial score (nSPS) is 13.6. The first kappa shape index (κ1) is 43.7. The number of aliphatic hydroxyl groups excluding tert-OH is 1. The van der Waals surface area contributed by atoms with Crippen LogP contribution in [-0.4, -0.2) is 71.0 Å². The van der Waals surface area contributed by atoms with Crippen LogP contribution in [0, 0.1) is 23.2 Å². The number of nitrogens with one attached hydrogen (secondary N) is 2. The Kier molecular flexibility index (Phi) is 15.5. The van der Waals surface area contributed by atoms with Crippen molar-refractivity contribution in [3.05, 3.63) is 94.3 Å². The van der Waals surface area contributed by atoms with E-state index in [4.69, 9.17) is 24.4 Å². The van der Waals surface area contributed by atoms with Gasteiger partial charge in [-0.25, -0.2) is 9.78 Å². The molecular weight excluding hydrogens is 734 g/mol. The second-order valence-corrected chi connectivity index (χ2v) is 14.0. The van der Waals surface area contributed by atoms with Crippen molar-refractivity contribution in [2.24, 2.45) is 17.8 Å². The molecule has 1 aromatic heterocycles. The van der Waals surface area contributed by atoms with E-state index >= 15 is 0 Å². The zero-order chi connectivity index (χ0) is 41.8. The van der Waals surface area contributed by atoms with Crippen molar-refractivity contribution < 1.29 is 52.8 Å². The average molecular weight is 784 g/mol. The minimum atomic E-state index is -1.10. The van der Waals surface area contributed by atoms with Crippen molar-refractivity contribution in [3.8, 4) is 11.1 Å². The van der Waals surface area contributed by atoms with Crippen molar-refractivity contribution in [2.75, 3.05) is 13.3 Å². The van der Waals surface area contributed by atoms with Crippen LogP contribution in [0.3, 0.4) is 0 Å². The first-order valence-corrected chi connectivity index (χ1v) is 18.8. The van der Waals surface area contributed by atoms with Gasteiger partial charge in [0.25, 0.3) is 5.91 Å². The lowest BCUT2D eigenvalue weighted by atomic mass is 9.89. The summed E-state index contributed by atoms with van der Waals surface area (Å²) in [5.41, 5.74) is 1.91. The van der Waals surface area contributed by atoms with Crippen molar-refractivity contribution in [1.82, 2.24) is 10.3 Å². The smallest absolute Gasteiger partial charge is 0.360 e. The van der Waals surface area contributed by atoms with E-state index in [0.717, 1.165) is 19.3 Å². The lowest BCUT2D eigenvalue weighted by Gasteiger charge is -2.18. The van der Waals surface area contributed by atoms with Gasteiger partial charge in [-0.2, -0.15) is 0 Å². The molecule has 302 valence electrons. The second kappa shape index (κ2) is 20.2. The highest BCUT2D eigenvalue weighted by Gasteiger charge is 2.27. The Labute approximate surface area is 331 Å². The molecule has 1 saturated carbocycles. The highest BCUT2D eigenvalue weighted by atomic mass is 16.7. The molecule has 0 aliphatic heterocycles. The zero-order valence-electron chi connectivity index (χ0n) is 32.8. The number of aromatic nitrogens is 1.